The van der Waals surface area contributed by atoms with Crippen LogP contribution in [0.4, 0.5) is 0 Å². The van der Waals surface area contributed by atoms with Crippen LogP contribution in [0.2, 0.25) is 0 Å². The molecule has 4 atom stereocenters. The molecule has 0 bridgehead atoms. The van der Waals surface area contributed by atoms with Crippen molar-refractivity contribution in [2.45, 2.75) is 58.2 Å². The quantitative estimate of drug-likeness (QED) is 0.303. The van der Waals surface area contributed by atoms with Gasteiger partial charge in [0, 0.05) is 17.4 Å². The van der Waals surface area contributed by atoms with Crippen LogP contribution in [0.3, 0.4) is 0 Å². The van der Waals surface area contributed by atoms with Gasteiger partial charge in [0.15, 0.2) is 6.61 Å². The fourth-order valence-corrected chi connectivity index (χ4v) is 5.00. The first-order chi connectivity index (χ1) is 17.7. The second kappa shape index (κ2) is 11.7. The molecule has 0 saturated carbocycles. The minimum absolute atomic E-state index is 0.0186. The van der Waals surface area contributed by atoms with Crippen LogP contribution >= 0.6 is 0 Å². The molecule has 1 saturated heterocycles. The van der Waals surface area contributed by atoms with Crippen LogP contribution in [-0.4, -0.2) is 23.8 Å². The summed E-state index contributed by atoms with van der Waals surface area (Å²) in [5, 5.41) is 9.23. The molecule has 1 heterocycles. The van der Waals surface area contributed by atoms with Crippen LogP contribution in [0, 0.1) is 5.92 Å². The summed E-state index contributed by atoms with van der Waals surface area (Å²) in [6.45, 7) is 12.4. The average Bonchev–Trinajstić information content (AvgIpc) is 2.88. The van der Waals surface area contributed by atoms with E-state index < -0.39 is 12.6 Å². The maximum absolute atomic E-state index is 11.3. The largest absolute Gasteiger partial charge is 0.482 e. The molecule has 0 amide bonds. The molecule has 0 spiro atoms. The molecule has 1 aliphatic heterocycles. The van der Waals surface area contributed by atoms with E-state index in [1.807, 2.05) is 43.3 Å². The van der Waals surface area contributed by atoms with Gasteiger partial charge in [-0.05, 0) is 67.6 Å². The van der Waals surface area contributed by atoms with Crippen LogP contribution in [-0.2, 0) is 9.53 Å². The fourth-order valence-electron chi connectivity index (χ4n) is 5.00. The number of hydrogen-bond donors (Lipinski definition) is 1. The Labute approximate surface area is 219 Å². The van der Waals surface area contributed by atoms with Crippen LogP contribution in [0.1, 0.15) is 68.7 Å². The van der Waals surface area contributed by atoms with Crippen molar-refractivity contribution in [1.29, 1.82) is 0 Å². The van der Waals surface area contributed by atoms with Crippen LogP contribution in [0.15, 0.2) is 84.9 Å². The van der Waals surface area contributed by atoms with E-state index >= 15 is 0 Å². The van der Waals surface area contributed by atoms with E-state index in [2.05, 4.69) is 51.6 Å². The zero-order valence-corrected chi connectivity index (χ0v) is 22.0. The molecule has 3 aromatic rings. The van der Waals surface area contributed by atoms with Gasteiger partial charge in [0.05, 0.1) is 12.2 Å². The molecule has 3 aromatic carbocycles. The summed E-state index contributed by atoms with van der Waals surface area (Å²) in [5.41, 5.74) is 4.35. The van der Waals surface area contributed by atoms with Crippen molar-refractivity contribution >= 4 is 5.97 Å². The highest BCUT2D eigenvalue weighted by Crippen LogP contribution is 2.49. The lowest BCUT2D eigenvalue weighted by Crippen LogP contribution is -2.34. The van der Waals surface area contributed by atoms with Crippen LogP contribution in [0.5, 0.6) is 17.2 Å². The van der Waals surface area contributed by atoms with Gasteiger partial charge < -0.3 is 19.3 Å². The van der Waals surface area contributed by atoms with Gasteiger partial charge in [0.2, 0.25) is 0 Å². The predicted molar refractivity (Wildman–Crippen MR) is 146 cm³/mol. The standard InChI is InChI=1S/C32H36O5/c1-20(2)23-11-13-24(14-12-23)28-18-27(21(3)4)32(36-22(28)5)29-17-26(37-25-9-7-6-8-10-25)15-16-30(29)35-19-31(33)34/h6-17,20,22,27-28,32H,3,18-19H2,1-2,4-5H3,(H,33,34)/t22-,27+,28-,32-/m0/s1. The smallest absolute Gasteiger partial charge is 0.341 e. The number of ether oxygens (including phenoxy) is 3. The lowest BCUT2D eigenvalue weighted by Gasteiger charge is -2.42. The van der Waals surface area contributed by atoms with Gasteiger partial charge in [-0.3, -0.25) is 0 Å². The minimum atomic E-state index is -1.03. The van der Waals surface area contributed by atoms with E-state index in [0.29, 0.717) is 23.2 Å². The lowest BCUT2D eigenvalue weighted by atomic mass is 9.75. The number of carboxylic acids is 1. The van der Waals surface area contributed by atoms with Crippen molar-refractivity contribution in [3.05, 3.63) is 102 Å². The molecule has 1 aliphatic rings. The Morgan fingerprint density at radius 1 is 1.05 bits per heavy atom. The van der Waals surface area contributed by atoms with E-state index in [4.69, 9.17) is 14.2 Å². The van der Waals surface area contributed by atoms with Gasteiger partial charge in [0.25, 0.3) is 0 Å². The SMILES string of the molecule is C=C(C)[C@H]1C[C@H](c2ccc(C(C)C)cc2)[C@H](C)O[C@@H]1c1cc(Oc2ccccc2)ccc1OCC(=O)O. The molecule has 5 heteroatoms. The zero-order chi connectivity index (χ0) is 26.5. The van der Waals surface area contributed by atoms with Gasteiger partial charge >= 0.3 is 5.97 Å². The Balaban J connectivity index is 1.66. The van der Waals surface area contributed by atoms with Gasteiger partial charge in [-0.15, -0.1) is 0 Å². The molecule has 5 nitrogen and oxygen atoms in total. The number of para-hydroxylation sites is 1. The van der Waals surface area contributed by atoms with E-state index in [-0.39, 0.29) is 24.0 Å². The Bertz CT molecular complexity index is 1220. The maximum Gasteiger partial charge on any atom is 0.341 e. The number of rotatable bonds is 9. The summed E-state index contributed by atoms with van der Waals surface area (Å²) >= 11 is 0. The van der Waals surface area contributed by atoms with Crippen molar-refractivity contribution in [1.82, 2.24) is 0 Å². The topological polar surface area (TPSA) is 65.0 Å². The zero-order valence-electron chi connectivity index (χ0n) is 22.0. The number of benzene rings is 3. The molecule has 0 radical (unpaired) electrons. The number of carbonyl (C=O) groups is 1. The van der Waals surface area contributed by atoms with Crippen molar-refractivity contribution in [3.8, 4) is 17.2 Å². The van der Waals surface area contributed by atoms with Crippen molar-refractivity contribution in [3.63, 3.8) is 0 Å². The molecule has 4 rings (SSSR count). The van der Waals surface area contributed by atoms with Gasteiger partial charge in [0.1, 0.15) is 17.2 Å². The summed E-state index contributed by atoms with van der Waals surface area (Å²) in [4.78, 5) is 11.3. The summed E-state index contributed by atoms with van der Waals surface area (Å²) in [5.74, 6) is 1.51. The molecule has 0 unspecified atom stereocenters. The fraction of sp³-hybridized carbons (Fsp3) is 0.344. The molecular weight excluding hydrogens is 464 g/mol. The average molecular weight is 501 g/mol. The molecule has 0 aromatic heterocycles. The maximum atomic E-state index is 11.3. The second-order valence-corrected chi connectivity index (χ2v) is 10.2. The third-order valence-electron chi connectivity index (χ3n) is 7.08. The van der Waals surface area contributed by atoms with Crippen molar-refractivity contribution in [2.24, 2.45) is 5.92 Å². The number of aliphatic carboxylic acids is 1. The third kappa shape index (κ3) is 6.41. The summed E-state index contributed by atoms with van der Waals surface area (Å²) in [7, 11) is 0. The first-order valence-electron chi connectivity index (χ1n) is 12.8. The number of hydrogen-bond acceptors (Lipinski definition) is 4. The monoisotopic (exact) mass is 500 g/mol. The second-order valence-electron chi connectivity index (χ2n) is 10.2. The van der Waals surface area contributed by atoms with Gasteiger partial charge in [-0.2, -0.15) is 0 Å². The first kappa shape index (κ1) is 26.5. The Morgan fingerprint density at radius 3 is 2.38 bits per heavy atom. The summed E-state index contributed by atoms with van der Waals surface area (Å²) in [6, 6.07) is 23.8. The van der Waals surface area contributed by atoms with Crippen LogP contribution < -0.4 is 9.47 Å². The van der Waals surface area contributed by atoms with Crippen molar-refractivity contribution in [2.75, 3.05) is 6.61 Å². The predicted octanol–water partition coefficient (Wildman–Crippen LogP) is 7.89. The van der Waals surface area contributed by atoms with Crippen molar-refractivity contribution < 1.29 is 24.1 Å². The normalized spacial score (nSPS) is 21.4. The summed E-state index contributed by atoms with van der Waals surface area (Å²) < 4.78 is 18.5. The molecule has 1 fully saturated rings. The van der Waals surface area contributed by atoms with Gasteiger partial charge in [-0.25, -0.2) is 4.79 Å². The highest BCUT2D eigenvalue weighted by molar-refractivity contribution is 5.68. The van der Waals surface area contributed by atoms with E-state index in [1.54, 1.807) is 12.1 Å². The minimum Gasteiger partial charge on any atom is -0.482 e. The molecule has 194 valence electrons. The third-order valence-corrected chi connectivity index (χ3v) is 7.08. The number of carboxylic acid groups (broad SMARTS) is 1. The van der Waals surface area contributed by atoms with E-state index in [9.17, 15) is 9.90 Å². The Morgan fingerprint density at radius 2 is 1.76 bits per heavy atom. The Hall–Kier alpha value is -3.57. The van der Waals surface area contributed by atoms with Gasteiger partial charge in [-0.1, -0.05) is 68.5 Å². The molecular formula is C32H36O5. The molecule has 37 heavy (non-hydrogen) atoms. The highest BCUT2D eigenvalue weighted by Gasteiger charge is 2.39. The summed E-state index contributed by atoms with van der Waals surface area (Å²) in [6.07, 6.45) is 0.461. The highest BCUT2D eigenvalue weighted by atomic mass is 16.5. The van der Waals surface area contributed by atoms with E-state index in [0.717, 1.165) is 17.6 Å². The first-order valence-corrected chi connectivity index (χ1v) is 12.8. The lowest BCUT2D eigenvalue weighted by molar-refractivity contribution is -0.139. The van der Waals surface area contributed by atoms with E-state index in [1.165, 1.54) is 11.1 Å². The Kier molecular flexibility index (Phi) is 8.34. The molecule has 0 aliphatic carbocycles. The molecule has 1 N–H and O–H groups in total. The van der Waals surface area contributed by atoms with Crippen LogP contribution in [0.25, 0.3) is 0 Å².